The zero-order valence-electron chi connectivity index (χ0n) is 14.3. The number of amides is 3. The quantitative estimate of drug-likeness (QED) is 0.801. The first kappa shape index (κ1) is 15.6. The van der Waals surface area contributed by atoms with Crippen LogP contribution >= 0.6 is 0 Å². The van der Waals surface area contributed by atoms with Crippen LogP contribution in [0.15, 0.2) is 30.3 Å². The van der Waals surface area contributed by atoms with Gasteiger partial charge in [0.25, 0.3) is 5.91 Å². The van der Waals surface area contributed by atoms with Crippen LogP contribution in [-0.2, 0) is 11.3 Å². The van der Waals surface area contributed by atoms with Gasteiger partial charge in [0.15, 0.2) is 0 Å². The van der Waals surface area contributed by atoms with Gasteiger partial charge in [0.05, 0.1) is 0 Å². The molecule has 0 N–H and O–H groups in total. The molecule has 3 heterocycles. The number of hydrogen-bond donors (Lipinski definition) is 0. The fraction of sp³-hybridized carbons (Fsp3) is 0.579. The van der Waals surface area contributed by atoms with E-state index in [0.717, 1.165) is 51.9 Å². The number of nitrogens with zero attached hydrogens (tertiary/aromatic N) is 3. The summed E-state index contributed by atoms with van der Waals surface area (Å²) in [6.07, 6.45) is 3.51. The van der Waals surface area contributed by atoms with Crippen LogP contribution in [0.5, 0.6) is 0 Å². The molecule has 3 amide bonds. The number of piperidine rings is 1. The van der Waals surface area contributed by atoms with E-state index in [1.807, 2.05) is 13.0 Å². The molecule has 3 saturated heterocycles. The van der Waals surface area contributed by atoms with Crippen molar-refractivity contribution in [3.8, 4) is 0 Å². The molecule has 0 aliphatic carbocycles. The molecule has 128 valence electrons. The molecule has 1 aromatic rings. The number of carbonyl (C=O) groups is 2. The van der Waals surface area contributed by atoms with Crippen molar-refractivity contribution in [2.75, 3.05) is 19.6 Å². The number of rotatable bonds is 3. The number of imide groups is 1. The molecule has 0 bridgehead atoms. The maximum Gasteiger partial charge on any atom is 0.327 e. The Morgan fingerprint density at radius 2 is 1.79 bits per heavy atom. The largest absolute Gasteiger partial charge is 0.327 e. The summed E-state index contributed by atoms with van der Waals surface area (Å²) in [7, 11) is 0. The van der Waals surface area contributed by atoms with E-state index in [-0.39, 0.29) is 18.0 Å². The number of fused-ring (bicyclic) bond motifs is 1. The van der Waals surface area contributed by atoms with E-state index in [9.17, 15) is 9.59 Å². The average Bonchev–Trinajstić information content (AvgIpc) is 3.07. The van der Waals surface area contributed by atoms with Gasteiger partial charge in [-0.3, -0.25) is 14.6 Å². The lowest BCUT2D eigenvalue weighted by molar-refractivity contribution is -0.134. The van der Waals surface area contributed by atoms with Gasteiger partial charge in [-0.25, -0.2) is 4.79 Å². The summed E-state index contributed by atoms with van der Waals surface area (Å²) in [6.45, 7) is 5.48. The normalized spacial score (nSPS) is 28.7. The van der Waals surface area contributed by atoms with Crippen LogP contribution in [0, 0.1) is 0 Å². The monoisotopic (exact) mass is 327 g/mol. The molecule has 0 saturated carbocycles. The molecule has 1 aromatic carbocycles. The minimum atomic E-state index is -0.571. The van der Waals surface area contributed by atoms with E-state index in [2.05, 4.69) is 29.2 Å². The van der Waals surface area contributed by atoms with E-state index in [1.165, 1.54) is 5.56 Å². The second kappa shape index (κ2) is 5.88. The minimum Gasteiger partial charge on any atom is -0.310 e. The smallest absolute Gasteiger partial charge is 0.310 e. The fourth-order valence-corrected chi connectivity index (χ4v) is 4.47. The van der Waals surface area contributed by atoms with Crippen LogP contribution in [0.2, 0.25) is 0 Å². The highest BCUT2D eigenvalue weighted by Crippen LogP contribution is 2.39. The third-order valence-corrected chi connectivity index (χ3v) is 5.93. The van der Waals surface area contributed by atoms with Crippen LogP contribution in [0.3, 0.4) is 0 Å². The highest BCUT2D eigenvalue weighted by Gasteiger charge is 2.57. The van der Waals surface area contributed by atoms with Crippen LogP contribution < -0.4 is 0 Å². The molecule has 3 aliphatic heterocycles. The van der Waals surface area contributed by atoms with Gasteiger partial charge in [0, 0.05) is 32.2 Å². The molecule has 5 nitrogen and oxygen atoms in total. The Balaban J connectivity index is 1.40. The maximum atomic E-state index is 12.8. The Bertz CT molecular complexity index is 639. The van der Waals surface area contributed by atoms with Crippen molar-refractivity contribution in [1.29, 1.82) is 0 Å². The van der Waals surface area contributed by atoms with Gasteiger partial charge in [-0.05, 0) is 38.2 Å². The summed E-state index contributed by atoms with van der Waals surface area (Å²) in [5, 5.41) is 0. The highest BCUT2D eigenvalue weighted by molar-refractivity contribution is 6.07. The zero-order valence-corrected chi connectivity index (χ0v) is 14.3. The maximum absolute atomic E-state index is 12.8. The number of hydrogen-bond acceptors (Lipinski definition) is 3. The Morgan fingerprint density at radius 3 is 2.46 bits per heavy atom. The molecule has 0 aromatic heterocycles. The number of carbonyl (C=O) groups excluding carboxylic acids is 2. The van der Waals surface area contributed by atoms with E-state index < -0.39 is 5.54 Å². The summed E-state index contributed by atoms with van der Waals surface area (Å²) >= 11 is 0. The number of urea groups is 1. The van der Waals surface area contributed by atoms with Gasteiger partial charge < -0.3 is 4.90 Å². The third kappa shape index (κ3) is 2.42. The first-order valence-corrected chi connectivity index (χ1v) is 9.01. The van der Waals surface area contributed by atoms with Gasteiger partial charge >= 0.3 is 6.03 Å². The molecule has 1 atom stereocenters. The van der Waals surface area contributed by atoms with Gasteiger partial charge in [-0.2, -0.15) is 0 Å². The summed E-state index contributed by atoms with van der Waals surface area (Å²) < 4.78 is 0. The van der Waals surface area contributed by atoms with Crippen molar-refractivity contribution < 1.29 is 9.59 Å². The Morgan fingerprint density at radius 1 is 1.08 bits per heavy atom. The van der Waals surface area contributed by atoms with Crippen molar-refractivity contribution in [2.24, 2.45) is 0 Å². The molecule has 0 spiro atoms. The summed E-state index contributed by atoms with van der Waals surface area (Å²) in [4.78, 5) is 31.3. The van der Waals surface area contributed by atoms with Crippen molar-refractivity contribution in [2.45, 2.75) is 50.7 Å². The Hall–Kier alpha value is -1.88. The second-order valence-corrected chi connectivity index (χ2v) is 7.48. The second-order valence-electron chi connectivity index (χ2n) is 7.48. The third-order valence-electron chi connectivity index (χ3n) is 5.93. The molecular weight excluding hydrogens is 302 g/mol. The molecule has 24 heavy (non-hydrogen) atoms. The lowest BCUT2D eigenvalue weighted by atomic mass is 9.97. The van der Waals surface area contributed by atoms with Gasteiger partial charge in [0.1, 0.15) is 5.54 Å². The highest BCUT2D eigenvalue weighted by atomic mass is 16.2. The summed E-state index contributed by atoms with van der Waals surface area (Å²) in [5.41, 5.74) is 0.746. The first-order valence-electron chi connectivity index (χ1n) is 9.01. The molecule has 3 fully saturated rings. The van der Waals surface area contributed by atoms with Crippen molar-refractivity contribution in [3.05, 3.63) is 35.9 Å². The van der Waals surface area contributed by atoms with Gasteiger partial charge in [0.2, 0.25) is 0 Å². The fourth-order valence-electron chi connectivity index (χ4n) is 4.47. The van der Waals surface area contributed by atoms with Gasteiger partial charge in [-0.1, -0.05) is 30.3 Å². The van der Waals surface area contributed by atoms with Crippen LogP contribution in [0.25, 0.3) is 0 Å². The average molecular weight is 327 g/mol. The standard InChI is InChI=1S/C19H25N3O2/c1-19-10-5-11-21(19)18(24)22(17(19)23)16-8-12-20(13-9-16)14-15-6-3-2-4-7-15/h2-4,6-7,16H,5,8-14H2,1H3/t19-/m0/s1. The van der Waals surface area contributed by atoms with Gasteiger partial charge in [-0.15, -0.1) is 0 Å². The van der Waals surface area contributed by atoms with E-state index in [1.54, 1.807) is 9.80 Å². The molecule has 4 rings (SSSR count). The van der Waals surface area contributed by atoms with Crippen LogP contribution in [0.1, 0.15) is 38.2 Å². The molecule has 0 radical (unpaired) electrons. The molecular formula is C19H25N3O2. The Kier molecular flexibility index (Phi) is 3.83. The van der Waals surface area contributed by atoms with Crippen LogP contribution in [-0.4, -0.2) is 57.9 Å². The summed E-state index contributed by atoms with van der Waals surface area (Å²) in [6, 6.07) is 10.5. The molecule has 5 heteroatoms. The van der Waals surface area contributed by atoms with Crippen molar-refractivity contribution in [1.82, 2.24) is 14.7 Å². The van der Waals surface area contributed by atoms with E-state index in [0.29, 0.717) is 0 Å². The van der Waals surface area contributed by atoms with E-state index in [4.69, 9.17) is 0 Å². The molecule has 0 unspecified atom stereocenters. The van der Waals surface area contributed by atoms with Crippen molar-refractivity contribution >= 4 is 11.9 Å². The summed E-state index contributed by atoms with van der Waals surface area (Å²) in [5.74, 6) is 0.0338. The van der Waals surface area contributed by atoms with Crippen molar-refractivity contribution in [3.63, 3.8) is 0 Å². The predicted octanol–water partition coefficient (Wildman–Crippen LogP) is 2.47. The minimum absolute atomic E-state index is 0.0338. The molecule has 3 aliphatic rings. The Labute approximate surface area is 143 Å². The first-order chi connectivity index (χ1) is 11.6. The lowest BCUT2D eigenvalue weighted by Crippen LogP contribution is -2.48. The predicted molar refractivity (Wildman–Crippen MR) is 91.3 cm³/mol. The SMILES string of the molecule is C[C@@]12CCCN1C(=O)N(C1CCN(Cc3ccccc3)CC1)C2=O. The van der Waals surface area contributed by atoms with Crippen LogP contribution in [0.4, 0.5) is 4.79 Å². The van der Waals surface area contributed by atoms with E-state index >= 15 is 0 Å². The topological polar surface area (TPSA) is 43.9 Å². The zero-order chi connectivity index (χ0) is 16.7. The number of benzene rings is 1. The number of likely N-dealkylation sites (tertiary alicyclic amines) is 1. The lowest BCUT2D eigenvalue weighted by Gasteiger charge is -2.35.